The largest absolute Gasteiger partial charge is 0.455 e. The van der Waals surface area contributed by atoms with E-state index < -0.39 is 62.2 Å². The molecule has 146 valence electrons. The molecule has 0 saturated heterocycles. The molecule has 0 heterocycles. The average molecular weight is 406 g/mol. The summed E-state index contributed by atoms with van der Waals surface area (Å²) in [4.78, 5) is 0. The summed E-state index contributed by atoms with van der Waals surface area (Å²) in [6.07, 6.45) is -5.53. The van der Waals surface area contributed by atoms with E-state index in [2.05, 4.69) is 4.74 Å². The van der Waals surface area contributed by atoms with E-state index in [-0.39, 0.29) is 12.8 Å². The minimum atomic E-state index is -5.80. The topological polar surface area (TPSA) is 97.7 Å². The van der Waals surface area contributed by atoms with Gasteiger partial charge >= 0.3 is 12.1 Å². The fraction of sp³-hybridized carbons (Fsp3) is 1.00. The summed E-state index contributed by atoms with van der Waals surface area (Å²) >= 11 is 0. The highest BCUT2D eigenvalue weighted by Crippen LogP contribution is 2.36. The molecular weight excluding hydrogens is 387 g/mol. The monoisotopic (exact) mass is 406 g/mol. The summed E-state index contributed by atoms with van der Waals surface area (Å²) in [5.74, 6) is -6.35. The van der Waals surface area contributed by atoms with E-state index in [1.165, 1.54) is 6.92 Å². The van der Waals surface area contributed by atoms with E-state index in [4.69, 9.17) is 4.55 Å². The number of sulfone groups is 1. The highest BCUT2D eigenvalue weighted by molar-refractivity contribution is 7.90. The molecule has 6 nitrogen and oxygen atoms in total. The standard InChI is InChI=1S/C11H19F5O6S2/c1-9(3-5-23(2,17)18,4-6-24(19,20)21)7-22-8-10(12,13)11(14,15)16/h3-8H2,1-2H3,(H,19,20,21). The van der Waals surface area contributed by atoms with Crippen molar-refractivity contribution < 1.29 is 48.1 Å². The lowest BCUT2D eigenvalue weighted by Crippen LogP contribution is -2.42. The number of hydrogen-bond acceptors (Lipinski definition) is 5. The summed E-state index contributed by atoms with van der Waals surface area (Å²) in [6.45, 7) is -1.43. The van der Waals surface area contributed by atoms with Gasteiger partial charge in [-0.3, -0.25) is 4.55 Å². The summed E-state index contributed by atoms with van der Waals surface area (Å²) in [7, 11) is -7.90. The molecule has 0 radical (unpaired) electrons. The first-order valence-electron chi connectivity index (χ1n) is 6.52. The Hall–Kier alpha value is -0.530. The van der Waals surface area contributed by atoms with E-state index in [1.54, 1.807) is 0 Å². The van der Waals surface area contributed by atoms with Crippen LogP contribution in [0.1, 0.15) is 19.8 Å². The maximum Gasteiger partial charge on any atom is 0.455 e. The van der Waals surface area contributed by atoms with Gasteiger partial charge in [0.2, 0.25) is 0 Å². The molecule has 0 aliphatic heterocycles. The molecule has 0 fully saturated rings. The van der Waals surface area contributed by atoms with E-state index >= 15 is 0 Å². The zero-order valence-electron chi connectivity index (χ0n) is 12.9. The van der Waals surface area contributed by atoms with Gasteiger partial charge in [-0.1, -0.05) is 6.92 Å². The number of alkyl halides is 5. The Morgan fingerprint density at radius 2 is 1.38 bits per heavy atom. The SMILES string of the molecule is CC(CCS(C)(=O)=O)(CCS(=O)(=O)O)COCC(F)(F)C(F)(F)F. The number of rotatable bonds is 10. The van der Waals surface area contributed by atoms with Gasteiger partial charge in [-0.15, -0.1) is 0 Å². The van der Waals surface area contributed by atoms with Gasteiger partial charge in [0.1, 0.15) is 16.4 Å². The van der Waals surface area contributed by atoms with Crippen LogP contribution in [-0.4, -0.2) is 64.5 Å². The third-order valence-corrected chi connectivity index (χ3v) is 4.85. The number of hydrogen-bond donors (Lipinski definition) is 1. The van der Waals surface area contributed by atoms with Crippen molar-refractivity contribution in [2.45, 2.75) is 31.9 Å². The van der Waals surface area contributed by atoms with Crippen molar-refractivity contribution in [2.75, 3.05) is 31.0 Å². The van der Waals surface area contributed by atoms with Crippen LogP contribution in [0, 0.1) is 5.41 Å². The van der Waals surface area contributed by atoms with Gasteiger partial charge in [0.05, 0.1) is 18.1 Å². The molecule has 0 spiro atoms. The van der Waals surface area contributed by atoms with Crippen LogP contribution in [0.4, 0.5) is 22.0 Å². The van der Waals surface area contributed by atoms with Crippen molar-refractivity contribution in [1.29, 1.82) is 0 Å². The first-order valence-corrected chi connectivity index (χ1v) is 10.2. The van der Waals surface area contributed by atoms with E-state index in [1.807, 2.05) is 0 Å². The maximum absolute atomic E-state index is 12.8. The van der Waals surface area contributed by atoms with Crippen LogP contribution >= 0.6 is 0 Å². The molecule has 0 amide bonds. The van der Waals surface area contributed by atoms with Crippen LogP contribution in [0.2, 0.25) is 0 Å². The van der Waals surface area contributed by atoms with Crippen LogP contribution in [0.5, 0.6) is 0 Å². The molecule has 1 atom stereocenters. The number of ether oxygens (including phenoxy) is 1. The second kappa shape index (κ2) is 7.79. The molecule has 0 aromatic rings. The lowest BCUT2D eigenvalue weighted by Gasteiger charge is -2.30. The molecule has 0 aliphatic rings. The Balaban J connectivity index is 4.94. The fourth-order valence-electron chi connectivity index (χ4n) is 1.58. The summed E-state index contributed by atoms with van der Waals surface area (Å²) in [5, 5.41) is 0. The van der Waals surface area contributed by atoms with E-state index in [0.29, 0.717) is 0 Å². The molecule has 1 N–H and O–H groups in total. The first-order chi connectivity index (χ1) is 10.4. The molecule has 13 heteroatoms. The normalized spacial score (nSPS) is 16.8. The molecule has 1 unspecified atom stereocenters. The zero-order chi connectivity index (χ0) is 19.4. The Morgan fingerprint density at radius 3 is 1.75 bits per heavy atom. The van der Waals surface area contributed by atoms with Gasteiger partial charge in [0.25, 0.3) is 10.1 Å². The predicted octanol–water partition coefficient (Wildman–Crippen LogP) is 1.92. The Bertz CT molecular complexity index is 575. The zero-order valence-corrected chi connectivity index (χ0v) is 14.6. The van der Waals surface area contributed by atoms with Crippen LogP contribution in [0.25, 0.3) is 0 Å². The van der Waals surface area contributed by atoms with Crippen LogP contribution < -0.4 is 0 Å². The van der Waals surface area contributed by atoms with Crippen molar-refractivity contribution in [3.05, 3.63) is 0 Å². The van der Waals surface area contributed by atoms with Crippen LogP contribution in [0.15, 0.2) is 0 Å². The second-order valence-electron chi connectivity index (χ2n) is 5.92. The third-order valence-electron chi connectivity index (χ3n) is 3.19. The molecule has 0 bridgehead atoms. The first kappa shape index (κ1) is 23.5. The van der Waals surface area contributed by atoms with E-state index in [0.717, 1.165) is 6.26 Å². The van der Waals surface area contributed by atoms with Gasteiger partial charge in [0.15, 0.2) is 0 Å². The van der Waals surface area contributed by atoms with Crippen LogP contribution in [0.3, 0.4) is 0 Å². The molecule has 0 aliphatic carbocycles. The van der Waals surface area contributed by atoms with Gasteiger partial charge < -0.3 is 4.74 Å². The minimum Gasteiger partial charge on any atom is -0.374 e. The third kappa shape index (κ3) is 9.69. The highest BCUT2D eigenvalue weighted by atomic mass is 32.2. The van der Waals surface area contributed by atoms with Crippen molar-refractivity contribution in [3.63, 3.8) is 0 Å². The van der Waals surface area contributed by atoms with Gasteiger partial charge in [0, 0.05) is 6.26 Å². The lowest BCUT2D eigenvalue weighted by molar-refractivity contribution is -0.298. The quantitative estimate of drug-likeness (QED) is 0.440. The Kier molecular flexibility index (Phi) is 7.62. The van der Waals surface area contributed by atoms with Gasteiger partial charge in [-0.2, -0.15) is 30.4 Å². The summed E-state index contributed by atoms with van der Waals surface area (Å²) in [5.41, 5.74) is -1.33. The smallest absolute Gasteiger partial charge is 0.374 e. The summed E-state index contributed by atoms with van der Waals surface area (Å²) in [6, 6.07) is 0. The summed E-state index contributed by atoms with van der Waals surface area (Å²) < 4.78 is 119. The van der Waals surface area contributed by atoms with Crippen molar-refractivity contribution >= 4 is 20.0 Å². The predicted molar refractivity (Wildman–Crippen MR) is 75.3 cm³/mol. The molecule has 24 heavy (non-hydrogen) atoms. The molecule has 0 rings (SSSR count). The Morgan fingerprint density at radius 1 is 0.917 bits per heavy atom. The van der Waals surface area contributed by atoms with Crippen LogP contribution in [-0.2, 0) is 24.7 Å². The lowest BCUT2D eigenvalue weighted by atomic mass is 9.85. The van der Waals surface area contributed by atoms with E-state index in [9.17, 15) is 38.8 Å². The molecular formula is C11H19F5O6S2. The molecule has 0 aromatic heterocycles. The molecule has 0 saturated carbocycles. The second-order valence-corrected chi connectivity index (χ2v) is 9.75. The van der Waals surface area contributed by atoms with Crippen molar-refractivity contribution in [3.8, 4) is 0 Å². The average Bonchev–Trinajstić information content (AvgIpc) is 2.31. The maximum atomic E-state index is 12.8. The number of halogens is 5. The fourth-order valence-corrected chi connectivity index (χ4v) is 3.20. The Labute approximate surface area is 137 Å². The van der Waals surface area contributed by atoms with Gasteiger partial charge in [-0.05, 0) is 18.3 Å². The molecule has 0 aromatic carbocycles. The highest BCUT2D eigenvalue weighted by Gasteiger charge is 2.57. The minimum absolute atomic E-state index is 0.237. The van der Waals surface area contributed by atoms with Gasteiger partial charge in [-0.25, -0.2) is 8.42 Å². The van der Waals surface area contributed by atoms with Crippen molar-refractivity contribution in [2.24, 2.45) is 5.41 Å². The van der Waals surface area contributed by atoms with Crippen molar-refractivity contribution in [1.82, 2.24) is 0 Å².